The van der Waals surface area contributed by atoms with E-state index in [9.17, 15) is 14.4 Å². The number of carbonyl (C=O) groups excluding carboxylic acids is 2. The first-order valence-corrected chi connectivity index (χ1v) is 7.54. The molecule has 0 heterocycles. The van der Waals surface area contributed by atoms with Crippen molar-refractivity contribution in [2.45, 2.75) is 19.4 Å². The van der Waals surface area contributed by atoms with E-state index < -0.39 is 5.97 Å². The lowest BCUT2D eigenvalue weighted by Crippen LogP contribution is -2.35. The van der Waals surface area contributed by atoms with Gasteiger partial charge in [0.15, 0.2) is 6.61 Å². The van der Waals surface area contributed by atoms with Crippen LogP contribution in [-0.4, -0.2) is 55.2 Å². The average Bonchev–Trinajstić information content (AvgIpc) is 2.54. The summed E-state index contributed by atoms with van der Waals surface area (Å²) in [7, 11) is 3.31. The summed E-state index contributed by atoms with van der Waals surface area (Å²) in [5.41, 5.74) is 0.825. The molecule has 3 amide bonds. The minimum absolute atomic E-state index is 0.0192. The molecule has 0 radical (unpaired) electrons. The van der Waals surface area contributed by atoms with Gasteiger partial charge in [0.2, 0.25) is 0 Å². The number of carboxylic acid groups (broad SMARTS) is 1. The Morgan fingerprint density at radius 2 is 1.96 bits per heavy atom. The number of likely N-dealkylation sites (N-methyl/N-ethyl adjacent to an activating group) is 1. The molecular weight excluding hydrogens is 314 g/mol. The van der Waals surface area contributed by atoms with Crippen LogP contribution in [0.5, 0.6) is 5.75 Å². The summed E-state index contributed by atoms with van der Waals surface area (Å²) in [6.45, 7) is 0.547. The normalized spacial score (nSPS) is 9.92. The fraction of sp³-hybridized carbons (Fsp3) is 0.438. The summed E-state index contributed by atoms with van der Waals surface area (Å²) in [4.78, 5) is 34.9. The van der Waals surface area contributed by atoms with E-state index in [-0.39, 0.29) is 25.0 Å². The fourth-order valence-electron chi connectivity index (χ4n) is 1.71. The number of nitrogens with zero attached hydrogens (tertiary/aromatic N) is 1. The van der Waals surface area contributed by atoms with Crippen LogP contribution in [0.1, 0.15) is 18.4 Å². The smallest absolute Gasteiger partial charge is 0.315 e. The van der Waals surface area contributed by atoms with Gasteiger partial charge in [-0.3, -0.25) is 9.59 Å². The highest BCUT2D eigenvalue weighted by Gasteiger charge is 2.06. The molecule has 0 aliphatic rings. The topological polar surface area (TPSA) is 108 Å². The zero-order chi connectivity index (χ0) is 17.9. The molecule has 0 spiro atoms. The molecule has 1 aromatic rings. The molecule has 0 saturated carbocycles. The zero-order valence-corrected chi connectivity index (χ0v) is 13.9. The number of hydrogen-bond acceptors (Lipinski definition) is 4. The van der Waals surface area contributed by atoms with Crippen molar-refractivity contribution in [3.8, 4) is 5.75 Å². The highest BCUT2D eigenvalue weighted by Crippen LogP contribution is 2.13. The van der Waals surface area contributed by atoms with Crippen molar-refractivity contribution in [2.75, 3.05) is 27.2 Å². The van der Waals surface area contributed by atoms with Crippen molar-refractivity contribution in [1.29, 1.82) is 0 Å². The molecule has 0 aromatic heterocycles. The number of carboxylic acids is 1. The van der Waals surface area contributed by atoms with Gasteiger partial charge in [-0.15, -0.1) is 0 Å². The van der Waals surface area contributed by atoms with Crippen molar-refractivity contribution >= 4 is 17.9 Å². The van der Waals surface area contributed by atoms with Gasteiger partial charge < -0.3 is 25.4 Å². The maximum Gasteiger partial charge on any atom is 0.315 e. The van der Waals surface area contributed by atoms with Gasteiger partial charge in [-0.25, -0.2) is 4.79 Å². The summed E-state index contributed by atoms with van der Waals surface area (Å²) in [5, 5.41) is 13.8. The zero-order valence-electron chi connectivity index (χ0n) is 13.9. The Morgan fingerprint density at radius 1 is 1.21 bits per heavy atom. The first-order chi connectivity index (χ1) is 11.4. The number of nitrogens with one attached hydrogen (secondary N) is 2. The summed E-state index contributed by atoms with van der Waals surface area (Å²) in [6.07, 6.45) is 0.400. The average molecular weight is 337 g/mol. The van der Waals surface area contributed by atoms with Crippen LogP contribution in [0.3, 0.4) is 0 Å². The van der Waals surface area contributed by atoms with Crippen LogP contribution in [0.2, 0.25) is 0 Å². The van der Waals surface area contributed by atoms with Gasteiger partial charge in [0.1, 0.15) is 5.75 Å². The van der Waals surface area contributed by atoms with Crippen molar-refractivity contribution in [1.82, 2.24) is 15.5 Å². The van der Waals surface area contributed by atoms with Crippen molar-refractivity contribution in [3.05, 3.63) is 29.8 Å². The predicted octanol–water partition coefficient (Wildman–Crippen LogP) is 0.818. The minimum atomic E-state index is -0.887. The van der Waals surface area contributed by atoms with E-state index >= 15 is 0 Å². The van der Waals surface area contributed by atoms with E-state index in [1.807, 2.05) is 6.07 Å². The van der Waals surface area contributed by atoms with Crippen LogP contribution in [-0.2, 0) is 16.1 Å². The Bertz CT molecular complexity index is 575. The van der Waals surface area contributed by atoms with E-state index in [1.54, 1.807) is 32.3 Å². The first kappa shape index (κ1) is 19.3. The summed E-state index contributed by atoms with van der Waals surface area (Å²) in [5.74, 6) is -0.479. The number of carbonyl (C=O) groups is 3. The van der Waals surface area contributed by atoms with Crippen molar-refractivity contribution < 1.29 is 24.2 Å². The highest BCUT2D eigenvalue weighted by atomic mass is 16.5. The third-order valence-electron chi connectivity index (χ3n) is 3.07. The number of aliphatic carboxylic acids is 1. The maximum absolute atomic E-state index is 11.6. The van der Waals surface area contributed by atoms with Crippen molar-refractivity contribution in [2.24, 2.45) is 0 Å². The lowest BCUT2D eigenvalue weighted by Gasteiger charge is -2.12. The molecule has 0 aliphatic carbocycles. The summed E-state index contributed by atoms with van der Waals surface area (Å²) in [6, 6.07) is 6.71. The van der Waals surface area contributed by atoms with Gasteiger partial charge in [0.05, 0.1) is 0 Å². The third kappa shape index (κ3) is 8.02. The number of ether oxygens (including phenoxy) is 1. The molecule has 0 atom stereocenters. The molecule has 0 fully saturated rings. The van der Waals surface area contributed by atoms with Crippen LogP contribution in [0, 0.1) is 0 Å². The van der Waals surface area contributed by atoms with Crippen LogP contribution >= 0.6 is 0 Å². The van der Waals surface area contributed by atoms with Gasteiger partial charge in [0.25, 0.3) is 5.91 Å². The number of benzene rings is 1. The van der Waals surface area contributed by atoms with Gasteiger partial charge in [-0.2, -0.15) is 0 Å². The molecule has 8 heteroatoms. The number of hydrogen-bond donors (Lipinski definition) is 3. The van der Waals surface area contributed by atoms with Crippen LogP contribution < -0.4 is 15.4 Å². The van der Waals surface area contributed by atoms with E-state index in [0.29, 0.717) is 25.3 Å². The van der Waals surface area contributed by atoms with E-state index in [2.05, 4.69) is 10.6 Å². The van der Waals surface area contributed by atoms with E-state index in [1.165, 1.54) is 4.90 Å². The molecule has 0 bridgehead atoms. The van der Waals surface area contributed by atoms with Crippen LogP contribution in [0.25, 0.3) is 0 Å². The molecule has 132 valence electrons. The molecule has 24 heavy (non-hydrogen) atoms. The second-order valence-corrected chi connectivity index (χ2v) is 5.33. The molecule has 8 nitrogen and oxygen atoms in total. The van der Waals surface area contributed by atoms with E-state index in [0.717, 1.165) is 5.56 Å². The standard InChI is InChI=1S/C16H23N3O5/c1-19(2)14(20)11-24-13-6-3-5-12(9-13)10-18-16(23)17-8-4-7-15(21)22/h3,5-6,9H,4,7-8,10-11H2,1-2H3,(H,21,22)(H2,17,18,23). The molecule has 3 N–H and O–H groups in total. The van der Waals surface area contributed by atoms with Gasteiger partial charge in [0, 0.05) is 33.6 Å². The van der Waals surface area contributed by atoms with Crippen LogP contribution in [0.15, 0.2) is 24.3 Å². The number of rotatable bonds is 9. The molecular formula is C16H23N3O5. The molecule has 0 saturated heterocycles. The van der Waals surface area contributed by atoms with Crippen molar-refractivity contribution in [3.63, 3.8) is 0 Å². The largest absolute Gasteiger partial charge is 0.484 e. The van der Waals surface area contributed by atoms with Crippen LogP contribution in [0.4, 0.5) is 4.79 Å². The number of amides is 3. The maximum atomic E-state index is 11.6. The lowest BCUT2D eigenvalue weighted by molar-refractivity contribution is -0.137. The van der Waals surface area contributed by atoms with Gasteiger partial charge >= 0.3 is 12.0 Å². The third-order valence-corrected chi connectivity index (χ3v) is 3.07. The molecule has 1 rings (SSSR count). The van der Waals surface area contributed by atoms with E-state index in [4.69, 9.17) is 9.84 Å². The molecule has 1 aromatic carbocycles. The molecule has 0 aliphatic heterocycles. The predicted molar refractivity (Wildman–Crippen MR) is 87.7 cm³/mol. The second-order valence-electron chi connectivity index (χ2n) is 5.33. The SMILES string of the molecule is CN(C)C(=O)COc1cccc(CNC(=O)NCCCC(=O)O)c1. The lowest BCUT2D eigenvalue weighted by atomic mass is 10.2. The van der Waals surface area contributed by atoms with Gasteiger partial charge in [-0.1, -0.05) is 12.1 Å². The Morgan fingerprint density at radius 3 is 2.62 bits per heavy atom. The summed E-state index contributed by atoms with van der Waals surface area (Å²) >= 11 is 0. The monoisotopic (exact) mass is 337 g/mol. The first-order valence-electron chi connectivity index (χ1n) is 7.54. The molecule has 0 unspecified atom stereocenters. The Kier molecular flexibility index (Phi) is 8.10. The minimum Gasteiger partial charge on any atom is -0.484 e. The van der Waals surface area contributed by atoms with Gasteiger partial charge in [-0.05, 0) is 24.1 Å². The Balaban J connectivity index is 2.35. The number of urea groups is 1. The Labute approximate surface area is 140 Å². The Hall–Kier alpha value is -2.77. The fourth-order valence-corrected chi connectivity index (χ4v) is 1.71. The second kappa shape index (κ2) is 10.1. The summed E-state index contributed by atoms with van der Waals surface area (Å²) < 4.78 is 5.40. The quantitative estimate of drug-likeness (QED) is 0.578. The highest BCUT2D eigenvalue weighted by molar-refractivity contribution is 5.77.